The Hall–Kier alpha value is -5.38. The number of carbonyl (C=O) groups excluding carboxylic acids is 2. The lowest BCUT2D eigenvalue weighted by molar-refractivity contribution is 0.0684. The van der Waals surface area contributed by atoms with Gasteiger partial charge in [0.05, 0.1) is 33.9 Å². The molecule has 4 rings (SSSR count). The maximum Gasteiger partial charge on any atom is 0.336 e. The Morgan fingerprint density at radius 2 is 0.861 bits per heavy atom. The Balaban J connectivity index is 1.95. The van der Waals surface area contributed by atoms with Gasteiger partial charge in [-0.1, -0.05) is 24.3 Å². The highest BCUT2D eigenvalue weighted by Gasteiger charge is 2.26. The van der Waals surface area contributed by atoms with Crippen LogP contribution in [0.25, 0.3) is 10.8 Å². The topological polar surface area (TPSA) is 185 Å². The molecular weight excluding hydrogens is 464 g/mol. The Morgan fingerprint density at radius 3 is 1.19 bits per heavy atom. The molecule has 8 N–H and O–H groups in total. The van der Waals surface area contributed by atoms with E-state index in [2.05, 4.69) is 10.6 Å². The zero-order valence-corrected chi connectivity index (χ0v) is 18.6. The number of para-hydroxylation sites is 4. The quantitative estimate of drug-likeness (QED) is 0.222. The van der Waals surface area contributed by atoms with Crippen LogP contribution in [0.5, 0.6) is 0 Å². The third kappa shape index (κ3) is 4.38. The minimum absolute atomic E-state index is 0.149. The van der Waals surface area contributed by atoms with Gasteiger partial charge in [0.25, 0.3) is 11.8 Å². The first-order valence-electron chi connectivity index (χ1n) is 10.6. The molecule has 0 saturated carbocycles. The third-order valence-corrected chi connectivity index (χ3v) is 5.53. The minimum atomic E-state index is -1.41. The Labute approximate surface area is 204 Å². The number of nitrogen functional groups attached to an aromatic ring is 2. The summed E-state index contributed by atoms with van der Waals surface area (Å²) in [7, 11) is 0. The second kappa shape index (κ2) is 9.47. The summed E-state index contributed by atoms with van der Waals surface area (Å²) >= 11 is 0. The van der Waals surface area contributed by atoms with Gasteiger partial charge in [0.15, 0.2) is 0 Å². The molecule has 0 aliphatic rings. The van der Waals surface area contributed by atoms with Gasteiger partial charge < -0.3 is 32.3 Å². The number of amides is 2. The van der Waals surface area contributed by atoms with Crippen LogP contribution in [-0.2, 0) is 0 Å². The van der Waals surface area contributed by atoms with Gasteiger partial charge in [-0.3, -0.25) is 9.59 Å². The van der Waals surface area contributed by atoms with Crippen LogP contribution < -0.4 is 22.1 Å². The summed E-state index contributed by atoms with van der Waals surface area (Å²) in [6, 6.07) is 17.6. The van der Waals surface area contributed by atoms with Gasteiger partial charge in [-0.15, -0.1) is 0 Å². The smallest absolute Gasteiger partial charge is 0.336 e. The lowest BCUT2D eigenvalue weighted by Crippen LogP contribution is -2.19. The molecular formula is C26H20N4O6. The van der Waals surface area contributed by atoms with Crippen molar-refractivity contribution in [3.8, 4) is 0 Å². The number of carboxylic acid groups (broad SMARTS) is 2. The Kier molecular flexibility index (Phi) is 6.25. The van der Waals surface area contributed by atoms with E-state index in [-0.39, 0.29) is 55.8 Å². The van der Waals surface area contributed by atoms with E-state index in [0.717, 1.165) is 12.1 Å². The van der Waals surface area contributed by atoms with Crippen molar-refractivity contribution in [2.75, 3.05) is 22.1 Å². The number of hydrogen-bond acceptors (Lipinski definition) is 6. The van der Waals surface area contributed by atoms with Crippen LogP contribution in [0.2, 0.25) is 0 Å². The fraction of sp³-hybridized carbons (Fsp3) is 0. The van der Waals surface area contributed by atoms with Crippen LogP contribution >= 0.6 is 0 Å². The summed E-state index contributed by atoms with van der Waals surface area (Å²) in [6.45, 7) is 0. The SMILES string of the molecule is Nc1ccccc1NC(=O)c1ccc(C(=O)Nc2ccccc2N)c2c(C(=O)O)ccc(C(=O)O)c12. The lowest BCUT2D eigenvalue weighted by atomic mass is 9.90. The molecule has 0 spiro atoms. The number of carbonyl (C=O) groups is 4. The standard InChI is InChI=1S/C26H20N4O6/c27-17-5-1-3-7-19(17)29-23(31)13-9-10-14(24(32)30-20-8-4-2-6-18(20)28)22-16(26(35)36)12-11-15(21(13)22)25(33)34/h1-12H,27-28H2,(H,29,31)(H,30,32)(H,33,34)(H,35,36). The largest absolute Gasteiger partial charge is 0.478 e. The minimum Gasteiger partial charge on any atom is -0.478 e. The maximum absolute atomic E-state index is 13.2. The maximum atomic E-state index is 13.2. The number of aromatic carboxylic acids is 2. The molecule has 180 valence electrons. The summed E-state index contributed by atoms with van der Waals surface area (Å²) in [5, 5.41) is 24.5. The average Bonchev–Trinajstić information content (AvgIpc) is 2.85. The van der Waals surface area contributed by atoms with Crippen molar-refractivity contribution in [3.63, 3.8) is 0 Å². The molecule has 0 unspecified atom stereocenters. The second-order valence-corrected chi connectivity index (χ2v) is 7.76. The number of rotatable bonds is 6. The fourth-order valence-electron chi connectivity index (χ4n) is 3.83. The molecule has 10 heteroatoms. The number of benzene rings is 4. The molecule has 0 fully saturated rings. The van der Waals surface area contributed by atoms with Gasteiger partial charge in [0.1, 0.15) is 0 Å². The van der Waals surface area contributed by atoms with E-state index in [9.17, 15) is 29.4 Å². The first-order valence-corrected chi connectivity index (χ1v) is 10.6. The van der Waals surface area contributed by atoms with E-state index in [1.165, 1.54) is 12.1 Å². The second-order valence-electron chi connectivity index (χ2n) is 7.76. The van der Waals surface area contributed by atoms with Gasteiger partial charge in [-0.2, -0.15) is 0 Å². The van der Waals surface area contributed by atoms with E-state index in [1.807, 2.05) is 0 Å². The summed E-state index contributed by atoms with van der Waals surface area (Å²) in [6.07, 6.45) is 0. The molecule has 0 aliphatic carbocycles. The van der Waals surface area contributed by atoms with Crippen LogP contribution in [0.1, 0.15) is 41.4 Å². The highest BCUT2D eigenvalue weighted by molar-refractivity contribution is 6.26. The van der Waals surface area contributed by atoms with Crippen LogP contribution in [0.4, 0.5) is 22.7 Å². The number of fused-ring (bicyclic) bond motifs is 1. The van der Waals surface area contributed by atoms with E-state index >= 15 is 0 Å². The fourth-order valence-corrected chi connectivity index (χ4v) is 3.83. The van der Waals surface area contributed by atoms with E-state index < -0.39 is 23.8 Å². The van der Waals surface area contributed by atoms with Crippen LogP contribution in [-0.4, -0.2) is 34.0 Å². The van der Waals surface area contributed by atoms with E-state index in [0.29, 0.717) is 0 Å². The summed E-state index contributed by atoms with van der Waals surface area (Å²) in [5.41, 5.74) is 11.9. The van der Waals surface area contributed by atoms with E-state index in [1.54, 1.807) is 48.5 Å². The molecule has 2 amide bonds. The van der Waals surface area contributed by atoms with Crippen LogP contribution in [0, 0.1) is 0 Å². The van der Waals surface area contributed by atoms with Crippen LogP contribution in [0.3, 0.4) is 0 Å². The van der Waals surface area contributed by atoms with Crippen molar-refractivity contribution < 1.29 is 29.4 Å². The number of carboxylic acids is 2. The number of hydrogen-bond donors (Lipinski definition) is 6. The van der Waals surface area contributed by atoms with Crippen molar-refractivity contribution in [1.29, 1.82) is 0 Å². The van der Waals surface area contributed by atoms with Gasteiger partial charge in [-0.05, 0) is 48.5 Å². The molecule has 0 bridgehead atoms. The summed E-state index contributed by atoms with van der Waals surface area (Å²) in [5.74, 6) is -4.28. The molecule has 36 heavy (non-hydrogen) atoms. The Morgan fingerprint density at radius 1 is 0.528 bits per heavy atom. The third-order valence-electron chi connectivity index (χ3n) is 5.53. The molecule has 0 atom stereocenters. The first-order chi connectivity index (χ1) is 17.2. The normalized spacial score (nSPS) is 10.6. The molecule has 0 aromatic heterocycles. The van der Waals surface area contributed by atoms with Gasteiger partial charge in [-0.25, -0.2) is 9.59 Å². The van der Waals surface area contributed by atoms with Crippen LogP contribution in [0.15, 0.2) is 72.8 Å². The Bertz CT molecular complexity index is 1450. The predicted molar refractivity (Wildman–Crippen MR) is 135 cm³/mol. The van der Waals surface area contributed by atoms with Crippen molar-refractivity contribution >= 4 is 57.3 Å². The number of anilines is 4. The number of nitrogens with two attached hydrogens (primary N) is 2. The zero-order chi connectivity index (χ0) is 26.0. The van der Waals surface area contributed by atoms with Crippen molar-refractivity contribution in [3.05, 3.63) is 95.1 Å². The van der Waals surface area contributed by atoms with E-state index in [4.69, 9.17) is 11.5 Å². The molecule has 0 aliphatic heterocycles. The van der Waals surface area contributed by atoms with Crippen molar-refractivity contribution in [1.82, 2.24) is 0 Å². The number of nitrogens with one attached hydrogen (secondary N) is 2. The summed E-state index contributed by atoms with van der Waals surface area (Å²) < 4.78 is 0. The molecule has 0 radical (unpaired) electrons. The monoisotopic (exact) mass is 484 g/mol. The molecule has 4 aromatic carbocycles. The molecule has 4 aromatic rings. The molecule has 0 heterocycles. The molecule has 10 nitrogen and oxygen atoms in total. The highest BCUT2D eigenvalue weighted by atomic mass is 16.4. The molecule has 0 saturated heterocycles. The van der Waals surface area contributed by atoms with Crippen molar-refractivity contribution in [2.24, 2.45) is 0 Å². The lowest BCUT2D eigenvalue weighted by Gasteiger charge is -2.16. The first kappa shape index (κ1) is 23.8. The van der Waals surface area contributed by atoms with Gasteiger partial charge in [0.2, 0.25) is 0 Å². The average molecular weight is 484 g/mol. The van der Waals surface area contributed by atoms with Gasteiger partial charge in [0, 0.05) is 21.9 Å². The zero-order valence-electron chi connectivity index (χ0n) is 18.6. The predicted octanol–water partition coefficient (Wildman–Crippen LogP) is 3.91. The van der Waals surface area contributed by atoms with Gasteiger partial charge >= 0.3 is 11.9 Å². The highest BCUT2D eigenvalue weighted by Crippen LogP contribution is 2.32. The summed E-state index contributed by atoms with van der Waals surface area (Å²) in [4.78, 5) is 50.6. The van der Waals surface area contributed by atoms with Crippen molar-refractivity contribution in [2.45, 2.75) is 0 Å².